The molecule has 0 bridgehead atoms. The molecule has 19 heavy (non-hydrogen) atoms. The van der Waals surface area contributed by atoms with Gasteiger partial charge >= 0.3 is 5.97 Å². The van der Waals surface area contributed by atoms with Gasteiger partial charge in [0.1, 0.15) is 0 Å². The zero-order valence-corrected chi connectivity index (χ0v) is 12.1. The molecule has 0 atom stereocenters. The summed E-state index contributed by atoms with van der Waals surface area (Å²) in [5, 5.41) is 12.1. The minimum Gasteiger partial charge on any atom is -0.478 e. The molecular weight excluding hydrogens is 312 g/mol. The van der Waals surface area contributed by atoms with Crippen LogP contribution in [0.5, 0.6) is 0 Å². The number of nitrogens with one attached hydrogen (secondary N) is 1. The maximum atomic E-state index is 11.0. The van der Waals surface area contributed by atoms with E-state index in [0.29, 0.717) is 18.8 Å². The zero-order valence-electron chi connectivity index (χ0n) is 10.5. The molecule has 0 amide bonds. The van der Waals surface area contributed by atoms with E-state index in [2.05, 4.69) is 21.2 Å². The Balaban J connectivity index is 1.87. The van der Waals surface area contributed by atoms with Crippen molar-refractivity contribution in [2.45, 2.75) is 12.8 Å². The van der Waals surface area contributed by atoms with Gasteiger partial charge in [-0.15, -0.1) is 0 Å². The molecule has 0 heterocycles. The van der Waals surface area contributed by atoms with E-state index in [-0.39, 0.29) is 11.3 Å². The lowest BCUT2D eigenvalue weighted by molar-refractivity contribution is 0.0698. The Kier molecular flexibility index (Phi) is 4.66. The second kappa shape index (κ2) is 6.25. The number of ether oxygens (including phenoxy) is 1. The Hall–Kier alpha value is -1.27. The summed E-state index contributed by atoms with van der Waals surface area (Å²) in [6.45, 7) is 2.06. The lowest BCUT2D eigenvalue weighted by Crippen LogP contribution is -2.12. The standard InChI is InChI=1S/C13H17BrN2O3/c14-10-6-11(15)9(13(17)18)5-12(10)16-3-4-19-7-8-1-2-8/h5-6,8,16H,1-4,7,15H2,(H,17,18). The van der Waals surface area contributed by atoms with Gasteiger partial charge in [0.05, 0.1) is 12.2 Å². The van der Waals surface area contributed by atoms with E-state index in [4.69, 9.17) is 15.6 Å². The summed E-state index contributed by atoms with van der Waals surface area (Å²) in [6.07, 6.45) is 2.55. The van der Waals surface area contributed by atoms with Crippen LogP contribution in [-0.2, 0) is 4.74 Å². The zero-order chi connectivity index (χ0) is 13.8. The van der Waals surface area contributed by atoms with Crippen molar-refractivity contribution >= 4 is 33.3 Å². The third-order valence-electron chi connectivity index (χ3n) is 2.98. The summed E-state index contributed by atoms with van der Waals surface area (Å²) in [5.74, 6) is -0.278. The predicted octanol–water partition coefficient (Wildman–Crippen LogP) is 2.57. The lowest BCUT2D eigenvalue weighted by atomic mass is 10.1. The molecule has 1 fully saturated rings. The number of carbonyl (C=O) groups is 1. The largest absolute Gasteiger partial charge is 0.478 e. The van der Waals surface area contributed by atoms with Crippen LogP contribution in [0.2, 0.25) is 0 Å². The van der Waals surface area contributed by atoms with Crippen molar-refractivity contribution in [2.75, 3.05) is 30.8 Å². The van der Waals surface area contributed by atoms with E-state index in [1.807, 2.05) is 0 Å². The quantitative estimate of drug-likeness (QED) is 0.529. The molecule has 6 heteroatoms. The van der Waals surface area contributed by atoms with Crippen LogP contribution in [0.4, 0.5) is 11.4 Å². The molecule has 0 spiro atoms. The molecule has 1 aromatic rings. The summed E-state index contributed by atoms with van der Waals surface area (Å²) in [4.78, 5) is 11.0. The molecule has 2 rings (SSSR count). The Morgan fingerprint density at radius 2 is 2.26 bits per heavy atom. The molecular formula is C13H17BrN2O3. The molecule has 0 saturated heterocycles. The summed E-state index contributed by atoms with van der Waals surface area (Å²) >= 11 is 3.36. The van der Waals surface area contributed by atoms with Crippen LogP contribution in [0.15, 0.2) is 16.6 Å². The van der Waals surface area contributed by atoms with Crippen LogP contribution in [0.3, 0.4) is 0 Å². The first-order valence-corrected chi connectivity index (χ1v) is 7.01. The molecule has 0 aliphatic heterocycles. The molecule has 5 nitrogen and oxygen atoms in total. The van der Waals surface area contributed by atoms with E-state index in [1.54, 1.807) is 6.07 Å². The van der Waals surface area contributed by atoms with Crippen LogP contribution < -0.4 is 11.1 Å². The van der Waals surface area contributed by atoms with E-state index in [1.165, 1.54) is 18.9 Å². The third-order valence-corrected chi connectivity index (χ3v) is 3.64. The highest BCUT2D eigenvalue weighted by molar-refractivity contribution is 9.10. The van der Waals surface area contributed by atoms with Crippen LogP contribution in [0, 0.1) is 5.92 Å². The summed E-state index contributed by atoms with van der Waals surface area (Å²) in [6, 6.07) is 3.12. The molecule has 1 aliphatic rings. The fourth-order valence-corrected chi connectivity index (χ4v) is 2.20. The fourth-order valence-electron chi connectivity index (χ4n) is 1.70. The number of carboxylic acids is 1. The molecule has 1 aromatic carbocycles. The molecule has 1 saturated carbocycles. The number of anilines is 2. The Bertz CT molecular complexity index is 475. The van der Waals surface area contributed by atoms with Crippen molar-refractivity contribution in [3.8, 4) is 0 Å². The van der Waals surface area contributed by atoms with Crippen molar-refractivity contribution in [3.63, 3.8) is 0 Å². The highest BCUT2D eigenvalue weighted by Crippen LogP contribution is 2.29. The first kappa shape index (κ1) is 14.1. The SMILES string of the molecule is Nc1cc(Br)c(NCCOCC2CC2)cc1C(=O)O. The van der Waals surface area contributed by atoms with E-state index >= 15 is 0 Å². The Labute approximate surface area is 120 Å². The number of halogens is 1. The topological polar surface area (TPSA) is 84.6 Å². The fraction of sp³-hybridized carbons (Fsp3) is 0.462. The molecule has 0 aromatic heterocycles. The van der Waals surface area contributed by atoms with Gasteiger partial charge in [0.2, 0.25) is 0 Å². The highest BCUT2D eigenvalue weighted by Gasteiger charge is 2.20. The van der Waals surface area contributed by atoms with Crippen LogP contribution in [-0.4, -0.2) is 30.8 Å². The molecule has 104 valence electrons. The van der Waals surface area contributed by atoms with Crippen LogP contribution in [0.1, 0.15) is 23.2 Å². The van der Waals surface area contributed by atoms with Gasteiger partial charge in [0, 0.05) is 29.0 Å². The van der Waals surface area contributed by atoms with Gasteiger partial charge in [-0.05, 0) is 46.8 Å². The van der Waals surface area contributed by atoms with Crippen LogP contribution in [0.25, 0.3) is 0 Å². The van der Waals surface area contributed by atoms with E-state index in [0.717, 1.165) is 17.0 Å². The number of aromatic carboxylic acids is 1. The van der Waals surface area contributed by atoms with Crippen molar-refractivity contribution in [3.05, 3.63) is 22.2 Å². The molecule has 4 N–H and O–H groups in total. The first-order valence-electron chi connectivity index (χ1n) is 6.22. The van der Waals surface area contributed by atoms with Gasteiger partial charge in [-0.1, -0.05) is 0 Å². The number of hydrogen-bond acceptors (Lipinski definition) is 4. The molecule has 0 radical (unpaired) electrons. The second-order valence-corrected chi connectivity index (χ2v) is 5.52. The highest BCUT2D eigenvalue weighted by atomic mass is 79.9. The first-order chi connectivity index (χ1) is 9.08. The Morgan fingerprint density at radius 1 is 1.53 bits per heavy atom. The van der Waals surface area contributed by atoms with Gasteiger partial charge in [-0.3, -0.25) is 0 Å². The summed E-state index contributed by atoms with van der Waals surface area (Å²) < 4.78 is 6.25. The maximum Gasteiger partial charge on any atom is 0.337 e. The minimum atomic E-state index is -1.03. The van der Waals surface area contributed by atoms with Gasteiger partial charge in [-0.2, -0.15) is 0 Å². The third kappa shape index (κ3) is 4.11. The van der Waals surface area contributed by atoms with Gasteiger partial charge in [-0.25, -0.2) is 4.79 Å². The van der Waals surface area contributed by atoms with Crippen molar-refractivity contribution in [2.24, 2.45) is 5.92 Å². The van der Waals surface area contributed by atoms with Crippen LogP contribution >= 0.6 is 15.9 Å². The van der Waals surface area contributed by atoms with Crippen molar-refractivity contribution in [1.82, 2.24) is 0 Å². The number of benzene rings is 1. The monoisotopic (exact) mass is 328 g/mol. The molecule has 0 unspecified atom stereocenters. The number of nitrogen functional groups attached to an aromatic ring is 1. The van der Waals surface area contributed by atoms with Gasteiger partial charge in [0.25, 0.3) is 0 Å². The minimum absolute atomic E-state index is 0.101. The number of carboxylic acid groups (broad SMARTS) is 1. The van der Waals surface area contributed by atoms with E-state index in [9.17, 15) is 4.79 Å². The Morgan fingerprint density at radius 3 is 2.89 bits per heavy atom. The average Bonchev–Trinajstić information content (AvgIpc) is 3.14. The summed E-state index contributed by atoms with van der Waals surface area (Å²) in [5.41, 5.74) is 6.70. The predicted molar refractivity (Wildman–Crippen MR) is 77.5 cm³/mol. The van der Waals surface area contributed by atoms with E-state index < -0.39 is 5.97 Å². The van der Waals surface area contributed by atoms with Gasteiger partial charge in [0.15, 0.2) is 0 Å². The van der Waals surface area contributed by atoms with Crippen molar-refractivity contribution in [1.29, 1.82) is 0 Å². The number of hydrogen-bond donors (Lipinski definition) is 3. The molecule has 1 aliphatic carbocycles. The smallest absolute Gasteiger partial charge is 0.337 e. The number of rotatable bonds is 7. The lowest BCUT2D eigenvalue weighted by Gasteiger charge is -2.11. The van der Waals surface area contributed by atoms with Crippen molar-refractivity contribution < 1.29 is 14.6 Å². The maximum absolute atomic E-state index is 11.0. The van der Waals surface area contributed by atoms with Gasteiger partial charge < -0.3 is 20.9 Å². The second-order valence-electron chi connectivity index (χ2n) is 4.67. The normalized spacial score (nSPS) is 14.4. The average molecular weight is 329 g/mol. The summed E-state index contributed by atoms with van der Waals surface area (Å²) in [7, 11) is 0. The number of nitrogens with two attached hydrogens (primary N) is 1.